The number of nitrogens with one attached hydrogen (secondary N) is 1. The minimum Gasteiger partial charge on any atom is -0.462 e. The quantitative estimate of drug-likeness (QED) is 0.829. The van der Waals surface area contributed by atoms with Crippen molar-refractivity contribution in [3.05, 3.63) is 35.4 Å². The van der Waals surface area contributed by atoms with Crippen LogP contribution in [0.1, 0.15) is 47.5 Å². The molecule has 8 nitrogen and oxygen atoms in total. The van der Waals surface area contributed by atoms with Gasteiger partial charge in [-0.1, -0.05) is 0 Å². The molecule has 2 aromatic heterocycles. The van der Waals surface area contributed by atoms with Gasteiger partial charge in [0.2, 0.25) is 5.95 Å². The molecule has 1 saturated heterocycles. The molecule has 2 atom stereocenters. The zero-order valence-electron chi connectivity index (χ0n) is 14.7. The molecule has 1 aliphatic heterocycles. The summed E-state index contributed by atoms with van der Waals surface area (Å²) >= 11 is 0. The second-order valence-electron chi connectivity index (χ2n) is 6.09. The molecular weight excluding hydrogens is 322 g/mol. The van der Waals surface area contributed by atoms with Gasteiger partial charge in [-0.15, -0.1) is 0 Å². The average molecular weight is 345 g/mol. The molecule has 134 valence electrons. The van der Waals surface area contributed by atoms with Gasteiger partial charge >= 0.3 is 5.97 Å². The zero-order chi connectivity index (χ0) is 17.8. The first-order chi connectivity index (χ1) is 12.1. The highest BCUT2D eigenvalue weighted by Crippen LogP contribution is 2.29. The normalized spacial score (nSPS) is 20.3. The van der Waals surface area contributed by atoms with E-state index in [9.17, 15) is 4.79 Å². The number of ether oxygens (including phenoxy) is 2. The van der Waals surface area contributed by atoms with Crippen LogP contribution in [0.4, 0.5) is 5.95 Å². The average Bonchev–Trinajstić information content (AvgIpc) is 3.02. The molecule has 0 saturated carbocycles. The van der Waals surface area contributed by atoms with Crippen LogP contribution in [0.15, 0.2) is 18.6 Å². The molecule has 0 unspecified atom stereocenters. The standard InChI is InChI=1S/C17H23N5O3/c1-4-24-16(23)14-9-18-17(20-11(14)2)21-13-5-6-25-15(7-13)12-8-19-22(3)10-12/h8-10,13,15H,4-7H2,1-3H3,(H,18,20,21)/t13-,15-/m0/s1. The molecule has 0 spiro atoms. The Kier molecular flexibility index (Phi) is 5.28. The van der Waals surface area contributed by atoms with Crippen LogP contribution in [0.5, 0.6) is 0 Å². The molecule has 0 amide bonds. The first kappa shape index (κ1) is 17.3. The van der Waals surface area contributed by atoms with E-state index in [1.165, 1.54) is 6.20 Å². The Morgan fingerprint density at radius 3 is 3.00 bits per heavy atom. The van der Waals surface area contributed by atoms with Crippen LogP contribution in [-0.4, -0.2) is 45.0 Å². The van der Waals surface area contributed by atoms with Crippen molar-refractivity contribution < 1.29 is 14.3 Å². The van der Waals surface area contributed by atoms with Crippen molar-refractivity contribution >= 4 is 11.9 Å². The molecule has 1 aliphatic rings. The van der Waals surface area contributed by atoms with Gasteiger partial charge in [0, 0.05) is 37.7 Å². The van der Waals surface area contributed by atoms with E-state index in [0.717, 1.165) is 18.4 Å². The lowest BCUT2D eigenvalue weighted by atomic mass is 10.00. The van der Waals surface area contributed by atoms with Crippen LogP contribution in [-0.2, 0) is 16.5 Å². The number of esters is 1. The number of hydrogen-bond acceptors (Lipinski definition) is 7. The summed E-state index contributed by atoms with van der Waals surface area (Å²) < 4.78 is 12.6. The van der Waals surface area contributed by atoms with Gasteiger partial charge in [-0.25, -0.2) is 14.8 Å². The molecule has 0 radical (unpaired) electrons. The molecule has 0 aliphatic carbocycles. The monoisotopic (exact) mass is 345 g/mol. The lowest BCUT2D eigenvalue weighted by Gasteiger charge is -2.29. The summed E-state index contributed by atoms with van der Waals surface area (Å²) in [5.41, 5.74) is 2.07. The van der Waals surface area contributed by atoms with E-state index in [1.54, 1.807) is 18.5 Å². The Bertz CT molecular complexity index is 746. The van der Waals surface area contributed by atoms with Crippen LogP contribution in [0, 0.1) is 6.92 Å². The molecule has 8 heteroatoms. The number of nitrogens with zero attached hydrogens (tertiary/aromatic N) is 4. The summed E-state index contributed by atoms with van der Waals surface area (Å²) in [7, 11) is 1.89. The summed E-state index contributed by atoms with van der Waals surface area (Å²) in [6.45, 7) is 4.54. The minimum absolute atomic E-state index is 0.0138. The van der Waals surface area contributed by atoms with E-state index in [0.29, 0.717) is 30.4 Å². The van der Waals surface area contributed by atoms with Gasteiger partial charge in [0.1, 0.15) is 0 Å². The Morgan fingerprint density at radius 1 is 1.48 bits per heavy atom. The molecule has 2 aromatic rings. The molecule has 3 rings (SSSR count). The predicted octanol–water partition coefficient (Wildman–Crippen LogP) is 2.03. The minimum atomic E-state index is -0.394. The van der Waals surface area contributed by atoms with Crippen molar-refractivity contribution in [2.75, 3.05) is 18.5 Å². The summed E-state index contributed by atoms with van der Waals surface area (Å²) in [5.74, 6) is 0.122. The highest BCUT2D eigenvalue weighted by molar-refractivity contribution is 5.90. The van der Waals surface area contributed by atoms with E-state index < -0.39 is 5.97 Å². The highest BCUT2D eigenvalue weighted by atomic mass is 16.5. The molecule has 1 N–H and O–H groups in total. The third-order valence-electron chi connectivity index (χ3n) is 4.19. The maximum Gasteiger partial charge on any atom is 0.341 e. The van der Waals surface area contributed by atoms with Crippen molar-refractivity contribution in [2.45, 2.75) is 38.8 Å². The Balaban J connectivity index is 1.65. The van der Waals surface area contributed by atoms with Crippen molar-refractivity contribution in [1.82, 2.24) is 19.7 Å². The van der Waals surface area contributed by atoms with Gasteiger partial charge in [0.05, 0.1) is 30.2 Å². The SMILES string of the molecule is CCOC(=O)c1cnc(N[C@H]2CCO[C@H](c3cnn(C)c3)C2)nc1C. The molecule has 0 bridgehead atoms. The maximum atomic E-state index is 11.8. The zero-order valence-corrected chi connectivity index (χ0v) is 14.7. The van der Waals surface area contributed by atoms with Crippen molar-refractivity contribution in [3.63, 3.8) is 0 Å². The van der Waals surface area contributed by atoms with Crippen molar-refractivity contribution in [2.24, 2.45) is 7.05 Å². The Labute approximate surface area is 146 Å². The number of aryl methyl sites for hydroxylation is 2. The number of carbonyl (C=O) groups is 1. The highest BCUT2D eigenvalue weighted by Gasteiger charge is 2.25. The lowest BCUT2D eigenvalue weighted by molar-refractivity contribution is 0.00965. The van der Waals surface area contributed by atoms with Crippen LogP contribution >= 0.6 is 0 Å². The topological polar surface area (TPSA) is 91.2 Å². The van der Waals surface area contributed by atoms with E-state index >= 15 is 0 Å². The van der Waals surface area contributed by atoms with Gasteiger partial charge in [-0.05, 0) is 26.7 Å². The number of aromatic nitrogens is 4. The third kappa shape index (κ3) is 4.14. The van der Waals surface area contributed by atoms with Gasteiger partial charge in [0.25, 0.3) is 0 Å². The van der Waals surface area contributed by atoms with Gasteiger partial charge in [-0.2, -0.15) is 5.10 Å². The number of carbonyl (C=O) groups excluding carboxylic acids is 1. The molecule has 0 aromatic carbocycles. The van der Waals surface area contributed by atoms with E-state index in [4.69, 9.17) is 9.47 Å². The third-order valence-corrected chi connectivity index (χ3v) is 4.19. The number of rotatable bonds is 5. The fourth-order valence-electron chi connectivity index (χ4n) is 2.90. The number of hydrogen-bond donors (Lipinski definition) is 1. The fourth-order valence-corrected chi connectivity index (χ4v) is 2.90. The summed E-state index contributed by atoms with van der Waals surface area (Å²) in [4.78, 5) is 20.5. The Morgan fingerprint density at radius 2 is 2.32 bits per heavy atom. The van der Waals surface area contributed by atoms with Crippen LogP contribution in [0.2, 0.25) is 0 Å². The summed E-state index contributed by atoms with van der Waals surface area (Å²) in [6.07, 6.45) is 7.02. The summed E-state index contributed by atoms with van der Waals surface area (Å²) in [6, 6.07) is 0.201. The van der Waals surface area contributed by atoms with Crippen LogP contribution in [0.25, 0.3) is 0 Å². The number of anilines is 1. The first-order valence-corrected chi connectivity index (χ1v) is 8.44. The van der Waals surface area contributed by atoms with Gasteiger partial charge < -0.3 is 14.8 Å². The predicted molar refractivity (Wildman–Crippen MR) is 91.3 cm³/mol. The second-order valence-corrected chi connectivity index (χ2v) is 6.09. The van der Waals surface area contributed by atoms with Gasteiger partial charge in [-0.3, -0.25) is 4.68 Å². The van der Waals surface area contributed by atoms with Crippen LogP contribution in [0.3, 0.4) is 0 Å². The Hall–Kier alpha value is -2.48. The van der Waals surface area contributed by atoms with Crippen molar-refractivity contribution in [3.8, 4) is 0 Å². The van der Waals surface area contributed by atoms with E-state index in [-0.39, 0.29) is 12.1 Å². The largest absolute Gasteiger partial charge is 0.462 e. The molecule has 3 heterocycles. The molecule has 1 fully saturated rings. The second kappa shape index (κ2) is 7.60. The van der Waals surface area contributed by atoms with E-state index in [1.807, 2.05) is 19.4 Å². The maximum absolute atomic E-state index is 11.8. The lowest BCUT2D eigenvalue weighted by Crippen LogP contribution is -2.30. The van der Waals surface area contributed by atoms with Gasteiger partial charge in [0.15, 0.2) is 0 Å². The molecular formula is C17H23N5O3. The van der Waals surface area contributed by atoms with Crippen molar-refractivity contribution in [1.29, 1.82) is 0 Å². The first-order valence-electron chi connectivity index (χ1n) is 8.44. The van der Waals surface area contributed by atoms with E-state index in [2.05, 4.69) is 20.4 Å². The summed E-state index contributed by atoms with van der Waals surface area (Å²) in [5, 5.41) is 7.55. The van der Waals surface area contributed by atoms with Crippen LogP contribution < -0.4 is 5.32 Å². The fraction of sp³-hybridized carbons (Fsp3) is 0.529. The molecule has 25 heavy (non-hydrogen) atoms. The smallest absolute Gasteiger partial charge is 0.341 e.